The third kappa shape index (κ3) is 4.80. The van der Waals surface area contributed by atoms with E-state index in [0.717, 1.165) is 40.9 Å². The molecule has 0 unspecified atom stereocenters. The van der Waals surface area contributed by atoms with Gasteiger partial charge >= 0.3 is 0 Å². The number of fused-ring (bicyclic) bond motifs is 2. The molecule has 37 heavy (non-hydrogen) atoms. The maximum atomic E-state index is 12.8. The first-order chi connectivity index (χ1) is 18.0. The lowest BCUT2D eigenvalue weighted by Gasteiger charge is -2.32. The van der Waals surface area contributed by atoms with Crippen LogP contribution in [0, 0.1) is 0 Å². The molecule has 4 aromatic rings. The largest absolute Gasteiger partial charge is 0.376 e. The van der Waals surface area contributed by atoms with Crippen LogP contribution in [0.15, 0.2) is 71.8 Å². The van der Waals surface area contributed by atoms with E-state index < -0.39 is 9.84 Å². The number of amides is 1. The average molecular weight is 515 g/mol. The van der Waals surface area contributed by atoms with Gasteiger partial charge in [-0.15, -0.1) is 0 Å². The Morgan fingerprint density at radius 3 is 2.76 bits per heavy atom. The number of nitrogens with one attached hydrogen (secondary N) is 1. The number of ether oxygens (including phenoxy) is 1. The van der Waals surface area contributed by atoms with Crippen LogP contribution in [0.4, 0.5) is 5.82 Å². The molecule has 2 aromatic carbocycles. The van der Waals surface area contributed by atoms with Gasteiger partial charge in [0.2, 0.25) is 0 Å². The standard InChI is InChI=1S/C28H26N4O4S/c33-28(20-6-8-22-18-36-11-12-37(34,35)26(22)15-20)30-17-24-14-23-13-19(5-7-21(23)16-29-24)25-3-1-4-27(31-25)32-9-2-10-32/h1,3-8,13-16H,2,9-12,17-18H2,(H,30,33). The Balaban J connectivity index is 1.20. The van der Waals surface area contributed by atoms with Crippen molar-refractivity contribution < 1.29 is 17.9 Å². The van der Waals surface area contributed by atoms with E-state index in [1.54, 1.807) is 18.3 Å². The number of nitrogens with zero attached hydrogens (tertiary/aromatic N) is 3. The zero-order valence-electron chi connectivity index (χ0n) is 20.2. The van der Waals surface area contributed by atoms with Gasteiger partial charge in [0, 0.05) is 35.8 Å². The molecular formula is C28H26N4O4S. The highest BCUT2D eigenvalue weighted by Crippen LogP contribution is 2.27. The van der Waals surface area contributed by atoms with Gasteiger partial charge in [-0.2, -0.15) is 0 Å². The van der Waals surface area contributed by atoms with E-state index in [2.05, 4.69) is 21.3 Å². The molecule has 2 aromatic heterocycles. The summed E-state index contributed by atoms with van der Waals surface area (Å²) >= 11 is 0. The van der Waals surface area contributed by atoms with Crippen molar-refractivity contribution in [2.24, 2.45) is 0 Å². The lowest BCUT2D eigenvalue weighted by molar-refractivity contribution is 0.0950. The topological polar surface area (TPSA) is 101 Å². The van der Waals surface area contributed by atoms with E-state index in [1.807, 2.05) is 36.4 Å². The lowest BCUT2D eigenvalue weighted by atomic mass is 10.0. The van der Waals surface area contributed by atoms with Crippen molar-refractivity contribution in [1.82, 2.24) is 15.3 Å². The SMILES string of the molecule is O=C(NCc1cc2cc(-c3cccc(N4CCC4)n3)ccc2cn1)c1ccc2c(c1)S(=O)(=O)CCOC2. The van der Waals surface area contributed by atoms with Crippen LogP contribution in [0.25, 0.3) is 22.0 Å². The van der Waals surface area contributed by atoms with Crippen LogP contribution >= 0.6 is 0 Å². The van der Waals surface area contributed by atoms with Crippen molar-refractivity contribution in [1.29, 1.82) is 0 Å². The van der Waals surface area contributed by atoms with Crippen molar-refractivity contribution in [3.63, 3.8) is 0 Å². The zero-order chi connectivity index (χ0) is 25.4. The van der Waals surface area contributed by atoms with E-state index in [4.69, 9.17) is 9.72 Å². The summed E-state index contributed by atoms with van der Waals surface area (Å²) < 4.78 is 30.5. The zero-order valence-corrected chi connectivity index (χ0v) is 21.0. The highest BCUT2D eigenvalue weighted by molar-refractivity contribution is 7.91. The second-order valence-electron chi connectivity index (χ2n) is 9.34. The summed E-state index contributed by atoms with van der Waals surface area (Å²) in [5.41, 5.74) is 3.51. The van der Waals surface area contributed by atoms with E-state index in [0.29, 0.717) is 16.8 Å². The summed E-state index contributed by atoms with van der Waals surface area (Å²) in [6, 6.07) is 18.9. The second kappa shape index (κ2) is 9.57. The summed E-state index contributed by atoms with van der Waals surface area (Å²) in [6.07, 6.45) is 2.99. The van der Waals surface area contributed by atoms with Crippen molar-refractivity contribution in [2.45, 2.75) is 24.5 Å². The van der Waals surface area contributed by atoms with Gasteiger partial charge in [0.25, 0.3) is 5.91 Å². The number of rotatable bonds is 5. The molecule has 1 saturated heterocycles. The summed E-state index contributed by atoms with van der Waals surface area (Å²) in [4.78, 5) is 24.6. The van der Waals surface area contributed by atoms with Gasteiger partial charge in [-0.25, -0.2) is 13.4 Å². The Kier molecular flexibility index (Phi) is 6.10. The number of carbonyl (C=O) groups excluding carboxylic acids is 1. The minimum absolute atomic E-state index is 0.0911. The Morgan fingerprint density at radius 2 is 1.92 bits per heavy atom. The fourth-order valence-electron chi connectivity index (χ4n) is 4.59. The molecule has 188 valence electrons. The number of benzene rings is 2. The van der Waals surface area contributed by atoms with Gasteiger partial charge in [0.05, 0.1) is 41.8 Å². The normalized spacial score (nSPS) is 16.5. The number of anilines is 1. The van der Waals surface area contributed by atoms with Gasteiger partial charge in [-0.1, -0.05) is 24.3 Å². The summed E-state index contributed by atoms with van der Waals surface area (Å²) in [5.74, 6) is 0.553. The highest BCUT2D eigenvalue weighted by atomic mass is 32.2. The first-order valence-corrected chi connectivity index (χ1v) is 13.9. The van der Waals surface area contributed by atoms with Crippen LogP contribution in [0.5, 0.6) is 0 Å². The molecular weight excluding hydrogens is 488 g/mol. The van der Waals surface area contributed by atoms with Crippen molar-refractivity contribution in [2.75, 3.05) is 30.3 Å². The molecule has 0 aliphatic carbocycles. The molecule has 9 heteroatoms. The Bertz CT molecular complexity index is 1620. The Labute approximate surface area is 215 Å². The fraction of sp³-hybridized carbons (Fsp3) is 0.250. The first kappa shape index (κ1) is 23.6. The van der Waals surface area contributed by atoms with Gasteiger partial charge in [0.15, 0.2) is 9.84 Å². The quantitative estimate of drug-likeness (QED) is 0.433. The average Bonchev–Trinajstić information content (AvgIpc) is 3.03. The van der Waals surface area contributed by atoms with Gasteiger partial charge in [0.1, 0.15) is 5.82 Å². The predicted molar refractivity (Wildman–Crippen MR) is 141 cm³/mol. The predicted octanol–water partition coefficient (Wildman–Crippen LogP) is 3.74. The van der Waals surface area contributed by atoms with Crippen LogP contribution in [-0.2, 0) is 27.7 Å². The molecule has 0 radical (unpaired) electrons. The van der Waals surface area contributed by atoms with Crippen LogP contribution in [-0.4, -0.2) is 49.7 Å². The van der Waals surface area contributed by atoms with E-state index in [9.17, 15) is 13.2 Å². The van der Waals surface area contributed by atoms with Crippen molar-refractivity contribution >= 4 is 32.3 Å². The fourth-order valence-corrected chi connectivity index (χ4v) is 5.98. The maximum absolute atomic E-state index is 12.8. The van der Waals surface area contributed by atoms with Gasteiger partial charge < -0.3 is 15.0 Å². The van der Waals surface area contributed by atoms with Crippen LogP contribution in [0.2, 0.25) is 0 Å². The van der Waals surface area contributed by atoms with E-state index in [-0.39, 0.29) is 36.3 Å². The molecule has 0 saturated carbocycles. The Hall–Kier alpha value is -3.82. The monoisotopic (exact) mass is 514 g/mol. The molecule has 0 spiro atoms. The van der Waals surface area contributed by atoms with Crippen molar-refractivity contribution in [3.8, 4) is 11.3 Å². The van der Waals surface area contributed by atoms with E-state index in [1.165, 1.54) is 12.5 Å². The van der Waals surface area contributed by atoms with Crippen LogP contribution in [0.3, 0.4) is 0 Å². The molecule has 0 bridgehead atoms. The van der Waals surface area contributed by atoms with Gasteiger partial charge in [-0.05, 0) is 53.8 Å². The molecule has 1 fully saturated rings. The highest BCUT2D eigenvalue weighted by Gasteiger charge is 2.23. The third-order valence-corrected chi connectivity index (χ3v) is 8.59. The molecule has 1 amide bonds. The Morgan fingerprint density at radius 1 is 1.03 bits per heavy atom. The molecule has 4 heterocycles. The molecule has 2 aliphatic rings. The number of pyridine rings is 2. The number of hydrogen-bond acceptors (Lipinski definition) is 7. The molecule has 0 atom stereocenters. The minimum atomic E-state index is -3.48. The van der Waals surface area contributed by atoms with Crippen molar-refractivity contribution in [3.05, 3.63) is 83.7 Å². The summed E-state index contributed by atoms with van der Waals surface area (Å²) in [7, 11) is -3.48. The van der Waals surface area contributed by atoms with Crippen LogP contribution < -0.4 is 10.2 Å². The van der Waals surface area contributed by atoms with Crippen LogP contribution in [0.1, 0.15) is 28.0 Å². The first-order valence-electron chi connectivity index (χ1n) is 12.3. The summed E-state index contributed by atoms with van der Waals surface area (Å²) in [6.45, 7) is 2.68. The molecule has 1 N–H and O–H groups in total. The second-order valence-corrected chi connectivity index (χ2v) is 11.4. The molecule has 2 aliphatic heterocycles. The third-order valence-electron chi connectivity index (χ3n) is 6.84. The number of sulfone groups is 1. The van der Waals surface area contributed by atoms with Gasteiger partial charge in [-0.3, -0.25) is 9.78 Å². The smallest absolute Gasteiger partial charge is 0.251 e. The molecule has 6 rings (SSSR count). The number of hydrogen-bond donors (Lipinski definition) is 1. The lowest BCUT2D eigenvalue weighted by Crippen LogP contribution is -2.37. The number of carbonyl (C=O) groups is 1. The summed E-state index contributed by atoms with van der Waals surface area (Å²) in [5, 5.41) is 4.86. The number of aromatic nitrogens is 2. The minimum Gasteiger partial charge on any atom is -0.376 e. The molecule has 8 nitrogen and oxygen atoms in total. The maximum Gasteiger partial charge on any atom is 0.251 e. The van der Waals surface area contributed by atoms with E-state index >= 15 is 0 Å².